The molecule has 6 rings (SSSR count). The number of phenolic OH excluding ortho intramolecular Hbond substituents is 1. The molecule has 12 heteroatoms. The Balaban J connectivity index is 1.48. The largest absolute Gasteiger partial charge is 0.508 e. The number of nitrogens with zero attached hydrogens (tertiary/aromatic N) is 5. The maximum Gasteiger partial charge on any atom is 0.407 e. The molecule has 0 unspecified atom stereocenters. The fraction of sp³-hybridized carbons (Fsp3) is 0.346. The maximum atomic E-state index is 13.6. The zero-order valence-electron chi connectivity index (χ0n) is 20.5. The molecule has 2 fully saturated rings. The Morgan fingerprint density at radius 1 is 0.974 bits per heavy atom. The molecule has 4 aromatic rings. The minimum absolute atomic E-state index is 0.100. The summed E-state index contributed by atoms with van der Waals surface area (Å²) in [5.74, 6) is 1.26. The van der Waals surface area contributed by atoms with Crippen LogP contribution in [0.1, 0.15) is 12.8 Å². The summed E-state index contributed by atoms with van der Waals surface area (Å²) in [6.45, 7) is 2.84. The van der Waals surface area contributed by atoms with Crippen molar-refractivity contribution in [2.45, 2.75) is 18.1 Å². The van der Waals surface area contributed by atoms with Gasteiger partial charge in [0.2, 0.25) is 10.0 Å². The Hall–Kier alpha value is -3.90. The van der Waals surface area contributed by atoms with Gasteiger partial charge in [-0.3, -0.25) is 0 Å². The van der Waals surface area contributed by atoms with Crippen LogP contribution in [0.25, 0.3) is 33.2 Å². The van der Waals surface area contributed by atoms with Crippen molar-refractivity contribution in [1.82, 2.24) is 18.8 Å². The highest BCUT2D eigenvalue weighted by molar-refractivity contribution is 7.90. The number of ether oxygens (including phenoxy) is 1. The smallest absolute Gasteiger partial charge is 0.407 e. The molecule has 0 bridgehead atoms. The van der Waals surface area contributed by atoms with Gasteiger partial charge in [-0.15, -0.1) is 0 Å². The highest BCUT2D eigenvalue weighted by atomic mass is 32.2. The number of carbonyl (C=O) groups is 1. The molecule has 11 nitrogen and oxygen atoms in total. The molecule has 2 aromatic heterocycles. The first-order valence-corrected chi connectivity index (χ1v) is 14.0. The van der Waals surface area contributed by atoms with E-state index < -0.39 is 21.4 Å². The number of piperidine rings is 1. The maximum absolute atomic E-state index is 13.6. The summed E-state index contributed by atoms with van der Waals surface area (Å²) >= 11 is 0. The van der Waals surface area contributed by atoms with Crippen molar-refractivity contribution in [2.75, 3.05) is 44.3 Å². The van der Waals surface area contributed by atoms with E-state index in [1.165, 1.54) is 8.87 Å². The summed E-state index contributed by atoms with van der Waals surface area (Å²) in [5.41, 5.74) is 1.77. The second-order valence-electron chi connectivity index (χ2n) is 9.54. The number of rotatable bonds is 4. The van der Waals surface area contributed by atoms with Crippen LogP contribution in [0.15, 0.2) is 48.7 Å². The van der Waals surface area contributed by atoms with Crippen LogP contribution in [0.4, 0.5) is 10.6 Å². The number of hydrogen-bond donors (Lipinski definition) is 2. The van der Waals surface area contributed by atoms with E-state index in [-0.39, 0.29) is 31.7 Å². The molecule has 2 aliphatic heterocycles. The predicted molar refractivity (Wildman–Crippen MR) is 142 cm³/mol. The molecule has 2 aliphatic rings. The number of hydrogen-bond acceptors (Lipinski definition) is 8. The third-order valence-electron chi connectivity index (χ3n) is 7.30. The number of anilines is 1. The summed E-state index contributed by atoms with van der Waals surface area (Å²) in [4.78, 5) is 24.4. The third kappa shape index (κ3) is 4.19. The predicted octanol–water partition coefficient (Wildman–Crippen LogP) is 3.11. The Morgan fingerprint density at radius 2 is 1.74 bits per heavy atom. The van der Waals surface area contributed by atoms with Crippen LogP contribution in [-0.2, 0) is 14.8 Å². The lowest BCUT2D eigenvalue weighted by Gasteiger charge is -2.30. The third-order valence-corrected chi connectivity index (χ3v) is 9.48. The average Bonchev–Trinajstić information content (AvgIpc) is 3.39. The molecule has 4 heterocycles. The van der Waals surface area contributed by atoms with E-state index in [0.717, 1.165) is 11.2 Å². The molecular weight excluding hydrogens is 510 g/mol. The lowest BCUT2D eigenvalue weighted by molar-refractivity contribution is 0.122. The lowest BCUT2D eigenvalue weighted by Crippen LogP contribution is -2.43. The molecule has 0 radical (unpaired) electrons. The molecule has 2 aromatic carbocycles. The lowest BCUT2D eigenvalue weighted by atomic mass is 10.1. The van der Waals surface area contributed by atoms with Gasteiger partial charge in [0.05, 0.1) is 29.5 Å². The zero-order chi connectivity index (χ0) is 26.4. The second kappa shape index (κ2) is 9.44. The molecule has 38 heavy (non-hydrogen) atoms. The van der Waals surface area contributed by atoms with Crippen molar-refractivity contribution < 1.29 is 28.2 Å². The Morgan fingerprint density at radius 3 is 2.45 bits per heavy atom. The number of carboxylic acid groups (broad SMARTS) is 1. The summed E-state index contributed by atoms with van der Waals surface area (Å²) in [6, 6.07) is 12.1. The summed E-state index contributed by atoms with van der Waals surface area (Å²) in [6.07, 6.45) is 1.00. The molecule has 1 amide bonds. The van der Waals surface area contributed by atoms with Gasteiger partial charge in [0, 0.05) is 48.7 Å². The van der Waals surface area contributed by atoms with Crippen LogP contribution < -0.4 is 4.90 Å². The topological polar surface area (TPSA) is 138 Å². The first kappa shape index (κ1) is 24.4. The number of morpholine rings is 1. The Labute approximate surface area is 218 Å². The summed E-state index contributed by atoms with van der Waals surface area (Å²) in [7, 11) is -3.77. The molecule has 198 valence electrons. The minimum Gasteiger partial charge on any atom is -0.508 e. The highest BCUT2D eigenvalue weighted by Gasteiger charge is 2.33. The van der Waals surface area contributed by atoms with Gasteiger partial charge in [-0.05, 0) is 43.2 Å². The molecule has 2 saturated heterocycles. The van der Waals surface area contributed by atoms with Gasteiger partial charge in [-0.25, -0.2) is 27.2 Å². The Bertz CT molecular complexity index is 1640. The van der Waals surface area contributed by atoms with Crippen molar-refractivity contribution in [3.63, 3.8) is 0 Å². The molecule has 0 spiro atoms. The van der Waals surface area contributed by atoms with Gasteiger partial charge >= 0.3 is 6.09 Å². The first-order valence-electron chi connectivity index (χ1n) is 12.5. The quantitative estimate of drug-likeness (QED) is 0.402. The molecule has 0 aliphatic carbocycles. The number of fused-ring (bicyclic) bond motifs is 3. The summed E-state index contributed by atoms with van der Waals surface area (Å²) < 4.78 is 34.1. The molecule has 2 N–H and O–H groups in total. The van der Waals surface area contributed by atoms with E-state index >= 15 is 0 Å². The second-order valence-corrected chi connectivity index (χ2v) is 11.6. The van der Waals surface area contributed by atoms with Crippen molar-refractivity contribution in [3.8, 4) is 17.1 Å². The minimum atomic E-state index is -3.77. The van der Waals surface area contributed by atoms with Gasteiger partial charge < -0.3 is 24.7 Å². The normalized spacial score (nSPS) is 17.4. The van der Waals surface area contributed by atoms with Crippen molar-refractivity contribution in [1.29, 1.82) is 0 Å². The van der Waals surface area contributed by atoms with Crippen LogP contribution in [0, 0.1) is 0 Å². The number of aromatic nitrogens is 3. The van der Waals surface area contributed by atoms with Crippen LogP contribution >= 0.6 is 0 Å². The van der Waals surface area contributed by atoms with Crippen LogP contribution in [0.2, 0.25) is 0 Å². The van der Waals surface area contributed by atoms with Gasteiger partial charge in [-0.1, -0.05) is 12.1 Å². The highest BCUT2D eigenvalue weighted by Crippen LogP contribution is 2.35. The average molecular weight is 538 g/mol. The Kier molecular flexibility index (Phi) is 6.07. The van der Waals surface area contributed by atoms with E-state index in [9.17, 15) is 23.4 Å². The van der Waals surface area contributed by atoms with Crippen LogP contribution in [0.3, 0.4) is 0 Å². The number of likely N-dealkylation sites (tertiary alicyclic amines) is 1. The number of amides is 1. The fourth-order valence-electron chi connectivity index (χ4n) is 5.29. The van der Waals surface area contributed by atoms with E-state index in [2.05, 4.69) is 4.90 Å². The number of phenols is 1. The van der Waals surface area contributed by atoms with E-state index in [1.54, 1.807) is 36.5 Å². The molecule has 0 atom stereocenters. The van der Waals surface area contributed by atoms with Crippen molar-refractivity contribution >= 4 is 43.7 Å². The number of benzene rings is 2. The van der Waals surface area contributed by atoms with Gasteiger partial charge in [0.25, 0.3) is 0 Å². The van der Waals surface area contributed by atoms with Crippen LogP contribution in [0.5, 0.6) is 5.75 Å². The van der Waals surface area contributed by atoms with Gasteiger partial charge in [0.1, 0.15) is 11.6 Å². The zero-order valence-corrected chi connectivity index (χ0v) is 21.3. The van der Waals surface area contributed by atoms with Crippen molar-refractivity contribution in [3.05, 3.63) is 48.7 Å². The monoisotopic (exact) mass is 537 g/mol. The standard InChI is InChI=1S/C26H27N5O6S/c32-18-3-1-2-17(16-18)24-27-23-20-8-11-31(38(35,36)19-6-9-30(10-7-19)26(33)34)22(20)5-4-21(23)25(28-24)29-12-14-37-15-13-29/h1-5,8,11,16,19,32H,6-7,9-10,12-15H2,(H,33,34). The van der Waals surface area contributed by atoms with Crippen molar-refractivity contribution in [2.24, 2.45) is 0 Å². The molecule has 0 saturated carbocycles. The SMILES string of the molecule is O=C(O)N1CCC(S(=O)(=O)n2ccc3c4nc(-c5cccc(O)c5)nc(N5CCOCC5)c4ccc32)CC1. The summed E-state index contributed by atoms with van der Waals surface area (Å²) in [5, 5.41) is 20.1. The van der Waals surface area contributed by atoms with E-state index in [4.69, 9.17) is 14.7 Å². The molecular formula is C26H27N5O6S. The van der Waals surface area contributed by atoms with E-state index in [1.807, 2.05) is 12.1 Å². The van der Waals surface area contributed by atoms with Crippen LogP contribution in [-0.4, -0.2) is 88.2 Å². The first-order chi connectivity index (χ1) is 18.3. The van der Waals surface area contributed by atoms with Gasteiger partial charge in [-0.2, -0.15) is 0 Å². The van der Waals surface area contributed by atoms with E-state index in [0.29, 0.717) is 54.1 Å². The number of aromatic hydroxyl groups is 1. The fourth-order valence-corrected chi connectivity index (χ4v) is 7.08. The van der Waals surface area contributed by atoms with Gasteiger partial charge in [0.15, 0.2) is 5.82 Å².